The predicted molar refractivity (Wildman–Crippen MR) is 131 cm³/mol. The van der Waals surface area contributed by atoms with Crippen LogP contribution in [-0.2, 0) is 0 Å². The molecule has 5 nitrogen and oxygen atoms in total. The molecule has 33 heavy (non-hydrogen) atoms. The van der Waals surface area contributed by atoms with Crippen LogP contribution in [-0.4, -0.2) is 11.8 Å². The molecule has 4 rings (SSSR count). The molecule has 0 aromatic heterocycles. The van der Waals surface area contributed by atoms with Crippen LogP contribution in [0.25, 0.3) is 0 Å². The van der Waals surface area contributed by atoms with Gasteiger partial charge in [-0.15, -0.1) is 0 Å². The number of hydrogen-bond acceptors (Lipinski definition) is 3. The molecular formula is C28H24N2O3. The van der Waals surface area contributed by atoms with E-state index >= 15 is 0 Å². The lowest BCUT2D eigenvalue weighted by molar-refractivity contribution is 0.101. The molecule has 0 atom stereocenters. The number of nitrogens with one attached hydrogen (secondary N) is 2. The first-order valence-electron chi connectivity index (χ1n) is 10.6. The summed E-state index contributed by atoms with van der Waals surface area (Å²) in [5, 5.41) is 5.78. The molecule has 0 fully saturated rings. The van der Waals surface area contributed by atoms with E-state index in [2.05, 4.69) is 10.6 Å². The Kier molecular flexibility index (Phi) is 6.51. The summed E-state index contributed by atoms with van der Waals surface area (Å²) in [6.45, 7) is 3.95. The van der Waals surface area contributed by atoms with Crippen molar-refractivity contribution in [3.63, 3.8) is 0 Å². The van der Waals surface area contributed by atoms with Gasteiger partial charge in [-0.2, -0.15) is 0 Å². The molecule has 4 aromatic rings. The molecule has 0 aliphatic rings. The topological polar surface area (TPSA) is 67.4 Å². The number of carbonyl (C=O) groups excluding carboxylic acids is 2. The summed E-state index contributed by atoms with van der Waals surface area (Å²) in [6, 6.07) is 29.1. The molecule has 5 heteroatoms. The summed E-state index contributed by atoms with van der Waals surface area (Å²) in [5.74, 6) is 0.824. The zero-order chi connectivity index (χ0) is 23.2. The normalized spacial score (nSPS) is 10.4. The van der Waals surface area contributed by atoms with E-state index in [1.807, 2.05) is 62.4 Å². The number of benzene rings is 4. The molecule has 164 valence electrons. The minimum absolute atomic E-state index is 0.184. The molecule has 2 N–H and O–H groups in total. The van der Waals surface area contributed by atoms with Crippen molar-refractivity contribution in [2.24, 2.45) is 0 Å². The molecule has 0 saturated heterocycles. The second-order valence-electron chi connectivity index (χ2n) is 7.80. The Hall–Kier alpha value is -4.38. The molecule has 0 aliphatic heterocycles. The first-order chi connectivity index (χ1) is 16.0. The number of aryl methyl sites for hydroxylation is 2. The van der Waals surface area contributed by atoms with Gasteiger partial charge in [-0.3, -0.25) is 9.59 Å². The Labute approximate surface area is 193 Å². The molecule has 0 spiro atoms. The molecule has 2 amide bonds. The molecule has 0 saturated carbocycles. The van der Waals surface area contributed by atoms with Crippen LogP contribution >= 0.6 is 0 Å². The largest absolute Gasteiger partial charge is 0.457 e. The molecule has 0 bridgehead atoms. The van der Waals surface area contributed by atoms with E-state index in [9.17, 15) is 9.59 Å². The van der Waals surface area contributed by atoms with Crippen LogP contribution in [0.5, 0.6) is 11.5 Å². The smallest absolute Gasteiger partial charge is 0.255 e. The van der Waals surface area contributed by atoms with Gasteiger partial charge in [0, 0.05) is 22.5 Å². The van der Waals surface area contributed by atoms with Gasteiger partial charge in [-0.1, -0.05) is 24.3 Å². The number of amides is 2. The Morgan fingerprint density at radius 2 is 0.970 bits per heavy atom. The Morgan fingerprint density at radius 1 is 0.576 bits per heavy atom. The van der Waals surface area contributed by atoms with Gasteiger partial charge in [0.15, 0.2) is 0 Å². The molecule has 0 heterocycles. The van der Waals surface area contributed by atoms with Crippen molar-refractivity contribution < 1.29 is 14.3 Å². The Bertz CT molecular complexity index is 1180. The van der Waals surface area contributed by atoms with Gasteiger partial charge in [0.1, 0.15) is 11.5 Å². The maximum atomic E-state index is 12.5. The fourth-order valence-electron chi connectivity index (χ4n) is 3.34. The monoisotopic (exact) mass is 436 g/mol. The van der Waals surface area contributed by atoms with Crippen molar-refractivity contribution in [3.8, 4) is 11.5 Å². The van der Waals surface area contributed by atoms with Crippen molar-refractivity contribution in [3.05, 3.63) is 119 Å². The third kappa shape index (κ3) is 5.86. The van der Waals surface area contributed by atoms with Gasteiger partial charge >= 0.3 is 0 Å². The highest BCUT2D eigenvalue weighted by molar-refractivity contribution is 6.05. The van der Waals surface area contributed by atoms with Crippen molar-refractivity contribution in [2.75, 3.05) is 10.6 Å². The summed E-state index contributed by atoms with van der Waals surface area (Å²) in [4.78, 5) is 24.9. The van der Waals surface area contributed by atoms with Gasteiger partial charge in [-0.25, -0.2) is 0 Å². The standard InChI is InChI=1S/C28H24N2O3/c1-19-5-3-7-23(17-19)29-27(31)21-9-13-25(14-10-21)33-26-15-11-22(12-16-26)28(32)30-24-8-4-6-20(2)18-24/h3-18H,1-2H3,(H,29,31)(H,30,32). The fraction of sp³-hybridized carbons (Fsp3) is 0.0714. The third-order valence-electron chi connectivity index (χ3n) is 5.02. The third-order valence-corrected chi connectivity index (χ3v) is 5.02. The van der Waals surface area contributed by atoms with Crippen molar-refractivity contribution in [1.29, 1.82) is 0 Å². The zero-order valence-electron chi connectivity index (χ0n) is 18.5. The highest BCUT2D eigenvalue weighted by Gasteiger charge is 2.09. The average Bonchev–Trinajstić information content (AvgIpc) is 2.80. The van der Waals surface area contributed by atoms with E-state index in [-0.39, 0.29) is 11.8 Å². The zero-order valence-corrected chi connectivity index (χ0v) is 18.5. The van der Waals surface area contributed by atoms with E-state index < -0.39 is 0 Å². The summed E-state index contributed by atoms with van der Waals surface area (Å²) in [7, 11) is 0. The van der Waals surface area contributed by atoms with Crippen LogP contribution in [0, 0.1) is 13.8 Å². The number of ether oxygens (including phenoxy) is 1. The van der Waals surface area contributed by atoms with Crippen LogP contribution in [0.1, 0.15) is 31.8 Å². The molecule has 0 aliphatic carbocycles. The number of rotatable bonds is 6. The van der Waals surface area contributed by atoms with E-state index in [0.29, 0.717) is 22.6 Å². The number of hydrogen-bond donors (Lipinski definition) is 2. The first-order valence-corrected chi connectivity index (χ1v) is 10.6. The molecule has 0 radical (unpaired) electrons. The molecule has 0 unspecified atom stereocenters. The number of carbonyl (C=O) groups is 2. The first kappa shape index (κ1) is 21.8. The summed E-state index contributed by atoms with van der Waals surface area (Å²) < 4.78 is 5.85. The second-order valence-corrected chi connectivity index (χ2v) is 7.80. The van der Waals surface area contributed by atoms with E-state index in [1.165, 1.54) is 0 Å². The summed E-state index contributed by atoms with van der Waals surface area (Å²) in [6.07, 6.45) is 0. The lowest BCUT2D eigenvalue weighted by atomic mass is 10.1. The average molecular weight is 437 g/mol. The lowest BCUT2D eigenvalue weighted by Gasteiger charge is -2.09. The SMILES string of the molecule is Cc1cccc(NC(=O)c2ccc(Oc3ccc(C(=O)Nc4cccc(C)c4)cc3)cc2)c1. The van der Waals surface area contributed by atoms with E-state index in [0.717, 1.165) is 22.5 Å². The fourth-order valence-corrected chi connectivity index (χ4v) is 3.34. The van der Waals surface area contributed by atoms with Crippen LogP contribution in [0.4, 0.5) is 11.4 Å². The maximum Gasteiger partial charge on any atom is 0.255 e. The molecule has 4 aromatic carbocycles. The van der Waals surface area contributed by atoms with E-state index in [1.54, 1.807) is 48.5 Å². The van der Waals surface area contributed by atoms with Gasteiger partial charge in [0.05, 0.1) is 0 Å². The van der Waals surface area contributed by atoms with Crippen molar-refractivity contribution in [1.82, 2.24) is 0 Å². The van der Waals surface area contributed by atoms with Gasteiger partial charge in [0.2, 0.25) is 0 Å². The van der Waals surface area contributed by atoms with Gasteiger partial charge in [-0.05, 0) is 97.8 Å². The minimum atomic E-state index is -0.184. The van der Waals surface area contributed by atoms with Crippen molar-refractivity contribution in [2.45, 2.75) is 13.8 Å². The van der Waals surface area contributed by atoms with Gasteiger partial charge in [0.25, 0.3) is 11.8 Å². The van der Waals surface area contributed by atoms with Crippen LogP contribution < -0.4 is 15.4 Å². The van der Waals surface area contributed by atoms with Gasteiger partial charge < -0.3 is 15.4 Å². The Morgan fingerprint density at radius 3 is 1.33 bits per heavy atom. The van der Waals surface area contributed by atoms with E-state index in [4.69, 9.17) is 4.74 Å². The minimum Gasteiger partial charge on any atom is -0.457 e. The Balaban J connectivity index is 1.36. The second kappa shape index (κ2) is 9.83. The summed E-state index contributed by atoms with van der Waals surface area (Å²) >= 11 is 0. The highest BCUT2D eigenvalue weighted by atomic mass is 16.5. The van der Waals surface area contributed by atoms with Crippen molar-refractivity contribution >= 4 is 23.2 Å². The summed E-state index contributed by atoms with van der Waals surface area (Å²) in [5.41, 5.74) is 4.74. The molecular weight excluding hydrogens is 412 g/mol. The van der Waals surface area contributed by atoms with Crippen LogP contribution in [0.3, 0.4) is 0 Å². The highest BCUT2D eigenvalue weighted by Crippen LogP contribution is 2.23. The van der Waals surface area contributed by atoms with Crippen LogP contribution in [0.2, 0.25) is 0 Å². The lowest BCUT2D eigenvalue weighted by Crippen LogP contribution is -2.11. The maximum absolute atomic E-state index is 12.5. The number of anilines is 2. The quantitative estimate of drug-likeness (QED) is 0.358. The predicted octanol–water partition coefficient (Wildman–Crippen LogP) is 6.60. The van der Waals surface area contributed by atoms with Crippen LogP contribution in [0.15, 0.2) is 97.1 Å².